The molecule has 9 heteroatoms. The SMILES string of the molecule is COc1c(N2CCCC(=C(F)CN)C2)c(F)cc2c(=O)c(C(=O)OC(C)C)cn(C3CC3)c12. The number of esters is 1. The maximum atomic E-state index is 15.5. The zero-order valence-corrected chi connectivity index (χ0v) is 19.1. The monoisotopic (exact) mass is 461 g/mol. The van der Waals surface area contributed by atoms with Crippen molar-refractivity contribution in [3.05, 3.63) is 45.3 Å². The number of nitrogens with two attached hydrogens (primary N) is 1. The predicted octanol–water partition coefficient (Wildman–Crippen LogP) is 3.83. The number of carbonyl (C=O) groups is 1. The number of hydrogen-bond acceptors (Lipinski definition) is 6. The second-order valence-electron chi connectivity index (χ2n) is 8.84. The summed E-state index contributed by atoms with van der Waals surface area (Å²) >= 11 is 0. The Morgan fingerprint density at radius 1 is 1.33 bits per heavy atom. The lowest BCUT2D eigenvalue weighted by atomic mass is 10.0. The van der Waals surface area contributed by atoms with Crippen molar-refractivity contribution in [2.45, 2.75) is 51.7 Å². The van der Waals surface area contributed by atoms with Crippen LogP contribution < -0.4 is 20.8 Å². The Morgan fingerprint density at radius 2 is 2.06 bits per heavy atom. The summed E-state index contributed by atoms with van der Waals surface area (Å²) in [5.41, 5.74) is 5.87. The highest BCUT2D eigenvalue weighted by Gasteiger charge is 2.32. The molecular formula is C24H29F2N3O4. The normalized spacial score (nSPS) is 18.1. The molecule has 1 aromatic heterocycles. The summed E-state index contributed by atoms with van der Waals surface area (Å²) < 4.78 is 42.4. The highest BCUT2D eigenvalue weighted by atomic mass is 19.1. The van der Waals surface area contributed by atoms with Crippen LogP contribution in [0, 0.1) is 5.82 Å². The third kappa shape index (κ3) is 4.34. The second kappa shape index (κ2) is 9.13. The van der Waals surface area contributed by atoms with Crippen LogP contribution in [0.5, 0.6) is 5.75 Å². The van der Waals surface area contributed by atoms with E-state index in [1.165, 1.54) is 13.3 Å². The van der Waals surface area contributed by atoms with Crippen LogP contribution in [0.1, 0.15) is 55.9 Å². The van der Waals surface area contributed by atoms with Crippen LogP contribution in [0.2, 0.25) is 0 Å². The standard InChI is InChI=1S/C24H29F2N3O4/c1-13(2)33-24(31)17-12-29(15-6-7-15)20-16(22(17)30)9-18(25)21(23(20)32-3)28-8-4-5-14(11-28)19(26)10-27/h9,12-13,15H,4-8,10-11,27H2,1-3H3. The number of benzene rings is 1. The summed E-state index contributed by atoms with van der Waals surface area (Å²) in [6.45, 7) is 3.89. The molecule has 2 N–H and O–H groups in total. The first-order valence-corrected chi connectivity index (χ1v) is 11.2. The van der Waals surface area contributed by atoms with Crippen LogP contribution in [0.15, 0.2) is 28.5 Å². The van der Waals surface area contributed by atoms with Gasteiger partial charge < -0.3 is 24.7 Å². The lowest BCUT2D eigenvalue weighted by Crippen LogP contribution is -2.33. The van der Waals surface area contributed by atoms with Gasteiger partial charge in [0, 0.05) is 31.9 Å². The minimum Gasteiger partial charge on any atom is -0.492 e. The number of carbonyl (C=O) groups excluding carboxylic acids is 1. The largest absolute Gasteiger partial charge is 0.492 e. The van der Waals surface area contributed by atoms with Crippen molar-refractivity contribution in [1.29, 1.82) is 0 Å². The van der Waals surface area contributed by atoms with E-state index in [-0.39, 0.29) is 47.3 Å². The molecule has 178 valence electrons. The summed E-state index contributed by atoms with van der Waals surface area (Å²) in [5.74, 6) is -1.59. The maximum absolute atomic E-state index is 15.5. The van der Waals surface area contributed by atoms with Crippen molar-refractivity contribution < 1.29 is 23.0 Å². The van der Waals surface area contributed by atoms with Crippen molar-refractivity contribution in [3.63, 3.8) is 0 Å². The van der Waals surface area contributed by atoms with E-state index in [0.717, 1.165) is 18.9 Å². The Bertz CT molecular complexity index is 1180. The van der Waals surface area contributed by atoms with Gasteiger partial charge >= 0.3 is 5.97 Å². The lowest BCUT2D eigenvalue weighted by Gasteiger charge is -2.33. The highest BCUT2D eigenvalue weighted by molar-refractivity contribution is 5.97. The van der Waals surface area contributed by atoms with Gasteiger partial charge in [-0.1, -0.05) is 0 Å². The van der Waals surface area contributed by atoms with E-state index >= 15 is 4.39 Å². The number of rotatable bonds is 6. The molecule has 0 amide bonds. The smallest absolute Gasteiger partial charge is 0.343 e. The molecule has 0 atom stereocenters. The fourth-order valence-corrected chi connectivity index (χ4v) is 4.42. The van der Waals surface area contributed by atoms with Crippen LogP contribution in [-0.2, 0) is 4.74 Å². The van der Waals surface area contributed by atoms with Gasteiger partial charge in [0.2, 0.25) is 5.43 Å². The Hall–Kier alpha value is -2.94. The number of ether oxygens (including phenoxy) is 2. The van der Waals surface area contributed by atoms with Gasteiger partial charge in [-0.15, -0.1) is 0 Å². The molecule has 2 aliphatic rings. The summed E-state index contributed by atoms with van der Waals surface area (Å²) in [6.07, 6.45) is 4.03. The summed E-state index contributed by atoms with van der Waals surface area (Å²) in [5, 5.41) is 0.0547. The predicted molar refractivity (Wildman–Crippen MR) is 122 cm³/mol. The third-order valence-electron chi connectivity index (χ3n) is 6.07. The highest BCUT2D eigenvalue weighted by Crippen LogP contribution is 2.44. The number of pyridine rings is 1. The van der Waals surface area contributed by atoms with Crippen molar-refractivity contribution in [2.24, 2.45) is 5.73 Å². The average Bonchev–Trinajstić information content (AvgIpc) is 3.63. The van der Waals surface area contributed by atoms with E-state index < -0.39 is 23.3 Å². The van der Waals surface area contributed by atoms with Crippen molar-refractivity contribution in [1.82, 2.24) is 4.57 Å². The number of hydrogen-bond donors (Lipinski definition) is 1. The van der Waals surface area contributed by atoms with E-state index in [0.29, 0.717) is 30.5 Å². The number of fused-ring (bicyclic) bond motifs is 1. The first-order valence-electron chi connectivity index (χ1n) is 11.2. The number of halogens is 2. The fourth-order valence-electron chi connectivity index (χ4n) is 4.42. The maximum Gasteiger partial charge on any atom is 0.343 e. The van der Waals surface area contributed by atoms with Gasteiger partial charge in [0.25, 0.3) is 0 Å². The van der Waals surface area contributed by atoms with Crippen LogP contribution in [0.4, 0.5) is 14.5 Å². The zero-order valence-electron chi connectivity index (χ0n) is 19.1. The molecule has 2 fully saturated rings. The molecule has 1 aliphatic carbocycles. The Balaban J connectivity index is 1.93. The number of aromatic nitrogens is 1. The van der Waals surface area contributed by atoms with Crippen molar-refractivity contribution >= 4 is 22.6 Å². The van der Waals surface area contributed by atoms with Gasteiger partial charge in [-0.25, -0.2) is 13.6 Å². The quantitative estimate of drug-likeness (QED) is 0.658. The van der Waals surface area contributed by atoms with Crippen LogP contribution >= 0.6 is 0 Å². The third-order valence-corrected chi connectivity index (χ3v) is 6.07. The Labute approximate surface area is 190 Å². The lowest BCUT2D eigenvalue weighted by molar-refractivity contribution is 0.0375. The average molecular weight is 462 g/mol. The molecule has 33 heavy (non-hydrogen) atoms. The molecule has 4 rings (SSSR count). The molecule has 1 aliphatic heterocycles. The molecule has 1 saturated carbocycles. The second-order valence-corrected chi connectivity index (χ2v) is 8.84. The summed E-state index contributed by atoms with van der Waals surface area (Å²) in [6, 6.07) is 1.22. The van der Waals surface area contributed by atoms with Gasteiger partial charge in [0.05, 0.1) is 24.1 Å². The van der Waals surface area contributed by atoms with Gasteiger partial charge in [-0.3, -0.25) is 4.79 Å². The van der Waals surface area contributed by atoms with E-state index in [1.54, 1.807) is 18.7 Å². The van der Waals surface area contributed by atoms with Crippen molar-refractivity contribution in [3.8, 4) is 5.75 Å². The molecule has 1 aromatic carbocycles. The molecule has 0 radical (unpaired) electrons. The van der Waals surface area contributed by atoms with Crippen LogP contribution in [0.3, 0.4) is 0 Å². The van der Waals surface area contributed by atoms with E-state index in [1.807, 2.05) is 4.57 Å². The molecule has 0 unspecified atom stereocenters. The Morgan fingerprint density at radius 3 is 2.67 bits per heavy atom. The first kappa shape index (κ1) is 23.2. The van der Waals surface area contributed by atoms with Gasteiger partial charge in [0.1, 0.15) is 17.1 Å². The minimum absolute atomic E-state index is 0.0547. The minimum atomic E-state index is -0.738. The van der Waals surface area contributed by atoms with E-state index in [9.17, 15) is 14.0 Å². The molecule has 2 heterocycles. The van der Waals surface area contributed by atoms with Gasteiger partial charge in [-0.2, -0.15) is 0 Å². The number of nitrogens with zero attached hydrogens (tertiary/aromatic N) is 2. The number of methoxy groups -OCH3 is 1. The molecule has 1 saturated heterocycles. The molecule has 0 bridgehead atoms. The Kier molecular flexibility index (Phi) is 6.43. The summed E-state index contributed by atoms with van der Waals surface area (Å²) in [7, 11) is 1.42. The number of piperidine rings is 1. The molecular weight excluding hydrogens is 432 g/mol. The first-order chi connectivity index (χ1) is 15.8. The molecule has 7 nitrogen and oxygen atoms in total. The van der Waals surface area contributed by atoms with Gasteiger partial charge in [-0.05, 0) is 51.2 Å². The molecule has 2 aromatic rings. The number of anilines is 1. The topological polar surface area (TPSA) is 86.8 Å². The van der Waals surface area contributed by atoms with Crippen LogP contribution in [-0.4, -0.2) is 43.4 Å². The fraction of sp³-hybridized carbons (Fsp3) is 0.500. The molecule has 0 spiro atoms. The van der Waals surface area contributed by atoms with Gasteiger partial charge in [0.15, 0.2) is 11.6 Å². The van der Waals surface area contributed by atoms with E-state index in [2.05, 4.69) is 0 Å². The van der Waals surface area contributed by atoms with Crippen molar-refractivity contribution in [2.75, 3.05) is 31.6 Å². The summed E-state index contributed by atoms with van der Waals surface area (Å²) in [4.78, 5) is 27.5. The zero-order chi connectivity index (χ0) is 23.9. The van der Waals surface area contributed by atoms with Crippen LogP contribution in [0.25, 0.3) is 10.9 Å². The van der Waals surface area contributed by atoms with E-state index in [4.69, 9.17) is 15.2 Å².